The van der Waals surface area contributed by atoms with Crippen molar-refractivity contribution in [3.05, 3.63) is 29.8 Å². The maximum atomic E-state index is 12.5. The van der Waals surface area contributed by atoms with Gasteiger partial charge in [-0.1, -0.05) is 25.1 Å². The molecule has 1 amide bonds. The maximum absolute atomic E-state index is 12.5. The topological polar surface area (TPSA) is 58.4 Å². The van der Waals surface area contributed by atoms with Gasteiger partial charge in [0.15, 0.2) is 0 Å². The Morgan fingerprint density at radius 1 is 1.38 bits per heavy atom. The normalized spacial score (nSPS) is 24.6. The molecule has 1 saturated heterocycles. The number of carbonyl (C=O) groups is 1. The molecule has 0 aromatic heterocycles. The van der Waals surface area contributed by atoms with Crippen molar-refractivity contribution >= 4 is 11.6 Å². The van der Waals surface area contributed by atoms with Gasteiger partial charge in [0.05, 0.1) is 6.04 Å². The minimum atomic E-state index is -0.117. The Labute approximate surface area is 127 Å². The highest BCUT2D eigenvalue weighted by Gasteiger charge is 2.30. The Balaban J connectivity index is 2.05. The fraction of sp³-hybridized carbons (Fsp3) is 0.588. The molecular formula is C17H27N3O. The van der Waals surface area contributed by atoms with Crippen molar-refractivity contribution in [3.63, 3.8) is 0 Å². The second-order valence-corrected chi connectivity index (χ2v) is 6.25. The largest absolute Gasteiger partial charge is 0.326 e. The van der Waals surface area contributed by atoms with Crippen LogP contribution >= 0.6 is 0 Å². The second-order valence-electron chi connectivity index (χ2n) is 6.25. The number of para-hydroxylation sites is 1. The first-order chi connectivity index (χ1) is 10.0. The molecule has 21 heavy (non-hydrogen) atoms. The van der Waals surface area contributed by atoms with Crippen LogP contribution in [0.25, 0.3) is 0 Å². The van der Waals surface area contributed by atoms with Crippen molar-refractivity contribution in [2.45, 2.75) is 52.2 Å². The van der Waals surface area contributed by atoms with Crippen LogP contribution in [0.1, 0.15) is 39.2 Å². The number of amides is 1. The van der Waals surface area contributed by atoms with Gasteiger partial charge in [-0.15, -0.1) is 0 Å². The number of benzene rings is 1. The molecule has 1 aromatic rings. The summed E-state index contributed by atoms with van der Waals surface area (Å²) >= 11 is 0. The highest BCUT2D eigenvalue weighted by Crippen LogP contribution is 2.24. The van der Waals surface area contributed by atoms with Crippen LogP contribution in [0.15, 0.2) is 24.3 Å². The SMILES string of the molecule is CC1CCC(C)N(C(C)C(=O)Nc2ccccc2CN)C1. The number of piperidine rings is 1. The summed E-state index contributed by atoms with van der Waals surface area (Å²) in [5.74, 6) is 0.713. The lowest BCUT2D eigenvalue weighted by molar-refractivity contribution is -0.122. The minimum Gasteiger partial charge on any atom is -0.326 e. The van der Waals surface area contributed by atoms with Gasteiger partial charge < -0.3 is 11.1 Å². The molecule has 116 valence electrons. The van der Waals surface area contributed by atoms with E-state index in [1.54, 1.807) is 0 Å². The third kappa shape index (κ3) is 3.83. The summed E-state index contributed by atoms with van der Waals surface area (Å²) in [6.07, 6.45) is 2.42. The van der Waals surface area contributed by atoms with Crippen LogP contribution in [0.3, 0.4) is 0 Å². The first-order valence-electron chi connectivity index (χ1n) is 7.87. The lowest BCUT2D eigenvalue weighted by atomic mass is 9.93. The van der Waals surface area contributed by atoms with Gasteiger partial charge in [0.25, 0.3) is 0 Å². The van der Waals surface area contributed by atoms with Crippen LogP contribution in [0.2, 0.25) is 0 Å². The van der Waals surface area contributed by atoms with Crippen LogP contribution < -0.4 is 11.1 Å². The van der Waals surface area contributed by atoms with Gasteiger partial charge >= 0.3 is 0 Å². The van der Waals surface area contributed by atoms with Crippen LogP contribution in [0.5, 0.6) is 0 Å². The Hall–Kier alpha value is -1.39. The summed E-state index contributed by atoms with van der Waals surface area (Å²) in [5, 5.41) is 3.03. The molecule has 4 heteroatoms. The van der Waals surface area contributed by atoms with Crippen molar-refractivity contribution in [2.75, 3.05) is 11.9 Å². The smallest absolute Gasteiger partial charge is 0.241 e. The van der Waals surface area contributed by atoms with Gasteiger partial charge in [-0.2, -0.15) is 0 Å². The highest BCUT2D eigenvalue weighted by atomic mass is 16.2. The zero-order chi connectivity index (χ0) is 15.4. The monoisotopic (exact) mass is 289 g/mol. The molecule has 1 aromatic carbocycles. The zero-order valence-corrected chi connectivity index (χ0v) is 13.3. The van der Waals surface area contributed by atoms with Crippen LogP contribution in [0.4, 0.5) is 5.69 Å². The predicted octanol–water partition coefficient (Wildman–Crippen LogP) is 2.59. The Morgan fingerprint density at radius 2 is 2.10 bits per heavy atom. The number of anilines is 1. The van der Waals surface area contributed by atoms with Crippen molar-refractivity contribution < 1.29 is 4.79 Å². The van der Waals surface area contributed by atoms with E-state index in [2.05, 4.69) is 24.1 Å². The zero-order valence-electron chi connectivity index (χ0n) is 13.3. The van der Waals surface area contributed by atoms with Crippen LogP contribution in [-0.4, -0.2) is 29.4 Å². The quantitative estimate of drug-likeness (QED) is 0.895. The number of hydrogen-bond donors (Lipinski definition) is 2. The molecule has 2 rings (SSSR count). The molecule has 1 aliphatic rings. The molecule has 1 fully saturated rings. The number of nitrogens with two attached hydrogens (primary N) is 1. The highest BCUT2D eigenvalue weighted by molar-refractivity contribution is 5.95. The van der Waals surface area contributed by atoms with E-state index in [1.165, 1.54) is 6.42 Å². The first kappa shape index (κ1) is 16.0. The molecule has 0 bridgehead atoms. The summed E-state index contributed by atoms with van der Waals surface area (Å²) in [5.41, 5.74) is 7.52. The lowest BCUT2D eigenvalue weighted by Gasteiger charge is -2.40. The number of carbonyl (C=O) groups excluding carboxylic acids is 1. The van der Waals surface area contributed by atoms with E-state index < -0.39 is 0 Å². The molecule has 3 N–H and O–H groups in total. The molecule has 0 spiro atoms. The lowest BCUT2D eigenvalue weighted by Crippen LogP contribution is -2.50. The summed E-state index contributed by atoms with van der Waals surface area (Å²) in [6, 6.07) is 8.07. The van der Waals surface area contributed by atoms with Crippen LogP contribution in [-0.2, 0) is 11.3 Å². The van der Waals surface area contributed by atoms with Crippen molar-refractivity contribution in [1.82, 2.24) is 4.90 Å². The molecule has 0 radical (unpaired) electrons. The van der Waals surface area contributed by atoms with E-state index in [9.17, 15) is 4.79 Å². The minimum absolute atomic E-state index is 0.0526. The van der Waals surface area contributed by atoms with Gasteiger partial charge in [-0.25, -0.2) is 0 Å². The van der Waals surface area contributed by atoms with Crippen molar-refractivity contribution in [2.24, 2.45) is 11.7 Å². The van der Waals surface area contributed by atoms with Gasteiger partial charge in [0.2, 0.25) is 5.91 Å². The number of hydrogen-bond acceptors (Lipinski definition) is 3. The van der Waals surface area contributed by atoms with Crippen molar-refractivity contribution in [1.29, 1.82) is 0 Å². The average Bonchev–Trinajstić information content (AvgIpc) is 2.49. The van der Waals surface area contributed by atoms with Gasteiger partial charge in [0.1, 0.15) is 0 Å². The summed E-state index contributed by atoms with van der Waals surface area (Å²) < 4.78 is 0. The van der Waals surface area contributed by atoms with E-state index in [4.69, 9.17) is 5.73 Å². The molecule has 1 heterocycles. The fourth-order valence-corrected chi connectivity index (χ4v) is 3.07. The third-order valence-corrected chi connectivity index (χ3v) is 4.54. The van der Waals surface area contributed by atoms with E-state index in [0.717, 1.165) is 24.2 Å². The van der Waals surface area contributed by atoms with Gasteiger partial charge in [-0.05, 0) is 44.2 Å². The molecule has 0 saturated carbocycles. The Morgan fingerprint density at radius 3 is 2.81 bits per heavy atom. The van der Waals surface area contributed by atoms with Gasteiger partial charge in [0, 0.05) is 24.8 Å². The maximum Gasteiger partial charge on any atom is 0.241 e. The number of nitrogens with zero attached hydrogens (tertiary/aromatic N) is 1. The van der Waals surface area contributed by atoms with Gasteiger partial charge in [-0.3, -0.25) is 9.69 Å². The molecule has 3 atom stereocenters. The first-order valence-corrected chi connectivity index (χ1v) is 7.87. The summed E-state index contributed by atoms with van der Waals surface area (Å²) in [4.78, 5) is 14.9. The molecular weight excluding hydrogens is 262 g/mol. The number of rotatable bonds is 4. The predicted molar refractivity (Wildman–Crippen MR) is 87.0 cm³/mol. The standard InChI is InChI=1S/C17H27N3O/c1-12-8-9-13(2)20(11-12)14(3)17(21)19-16-7-5-4-6-15(16)10-18/h4-7,12-14H,8-11,18H2,1-3H3,(H,19,21). The second kappa shape index (κ2) is 7.05. The Kier molecular flexibility index (Phi) is 5.37. The fourth-order valence-electron chi connectivity index (χ4n) is 3.07. The van der Waals surface area contributed by atoms with E-state index in [-0.39, 0.29) is 11.9 Å². The molecule has 0 aliphatic carbocycles. The van der Waals surface area contributed by atoms with E-state index in [1.807, 2.05) is 31.2 Å². The number of nitrogens with one attached hydrogen (secondary N) is 1. The summed E-state index contributed by atoms with van der Waals surface area (Å²) in [7, 11) is 0. The molecule has 4 nitrogen and oxygen atoms in total. The van der Waals surface area contributed by atoms with E-state index >= 15 is 0 Å². The third-order valence-electron chi connectivity index (χ3n) is 4.54. The average molecular weight is 289 g/mol. The van der Waals surface area contributed by atoms with E-state index in [0.29, 0.717) is 18.5 Å². The Bertz CT molecular complexity index is 489. The van der Waals surface area contributed by atoms with Crippen LogP contribution in [0, 0.1) is 5.92 Å². The molecule has 1 aliphatic heterocycles. The summed E-state index contributed by atoms with van der Waals surface area (Å²) in [6.45, 7) is 7.89. The molecule has 3 unspecified atom stereocenters. The number of likely N-dealkylation sites (tertiary alicyclic amines) is 1. The van der Waals surface area contributed by atoms with Crippen molar-refractivity contribution in [3.8, 4) is 0 Å².